The first-order chi connectivity index (χ1) is 25.4. The minimum atomic E-state index is -1.09. The van der Waals surface area contributed by atoms with Crippen molar-refractivity contribution in [2.75, 3.05) is 33.0 Å². The maximum absolute atomic E-state index is 2.55. The molecule has 7 aromatic carbocycles. The van der Waals surface area contributed by atoms with Gasteiger partial charge >= 0.3 is 0 Å². The number of nitrogens with zero attached hydrogens (tertiary/aromatic N) is 3. The molecule has 52 heavy (non-hydrogen) atoms. The summed E-state index contributed by atoms with van der Waals surface area (Å²) in [6, 6.07) is 62.7. The highest BCUT2D eigenvalue weighted by molar-refractivity contribution is 8.32. The molecule has 254 valence electrons. The number of para-hydroxylation sites is 4. The Morgan fingerprint density at radius 1 is 0.500 bits per heavy atom. The van der Waals surface area contributed by atoms with Crippen LogP contribution in [-0.4, -0.2) is 25.0 Å². The van der Waals surface area contributed by atoms with Gasteiger partial charge in [0.2, 0.25) is 0 Å². The lowest BCUT2D eigenvalue weighted by molar-refractivity contribution is 1.21. The Hall–Kier alpha value is -5.65. The second-order valence-corrected chi connectivity index (χ2v) is 18.4. The summed E-state index contributed by atoms with van der Waals surface area (Å²) in [5.41, 5.74) is 16.0. The third-order valence-electron chi connectivity index (χ3n) is 10.9. The van der Waals surface area contributed by atoms with Crippen molar-refractivity contribution >= 4 is 84.3 Å². The zero-order valence-electron chi connectivity index (χ0n) is 30.2. The third-order valence-corrected chi connectivity index (χ3v) is 13.8. The average Bonchev–Trinajstić information content (AvgIpc) is 3.19. The van der Waals surface area contributed by atoms with E-state index in [1.54, 1.807) is 0 Å². The lowest BCUT2D eigenvalue weighted by Gasteiger charge is -2.46. The number of fused-ring (bicyclic) bond motifs is 4. The van der Waals surface area contributed by atoms with Crippen LogP contribution in [-0.2, 0) is 0 Å². The monoisotopic (exact) mass is 691 g/mol. The van der Waals surface area contributed by atoms with E-state index in [9.17, 15) is 0 Å². The molecular formula is C47H42BN3S. The van der Waals surface area contributed by atoms with E-state index in [0.29, 0.717) is 0 Å². The largest absolute Gasteiger partial charge is 0.311 e. The van der Waals surface area contributed by atoms with Crippen LogP contribution < -0.4 is 31.1 Å². The Morgan fingerprint density at radius 2 is 1.02 bits per heavy atom. The molecule has 0 bridgehead atoms. The van der Waals surface area contributed by atoms with Crippen molar-refractivity contribution < 1.29 is 0 Å². The summed E-state index contributed by atoms with van der Waals surface area (Å²) in [6.45, 7) is 4.58. The number of aryl methyl sites for hydroxylation is 1. The molecule has 0 saturated heterocycles. The average molecular weight is 692 g/mol. The van der Waals surface area contributed by atoms with Gasteiger partial charge in [0, 0.05) is 51.2 Å². The van der Waals surface area contributed by atoms with Gasteiger partial charge in [-0.15, -0.1) is 0 Å². The maximum atomic E-state index is 2.55. The highest BCUT2D eigenvalue weighted by atomic mass is 32.3. The van der Waals surface area contributed by atoms with E-state index in [1.807, 2.05) is 0 Å². The van der Waals surface area contributed by atoms with Gasteiger partial charge in [0.25, 0.3) is 6.71 Å². The fourth-order valence-electron chi connectivity index (χ4n) is 7.96. The summed E-state index contributed by atoms with van der Waals surface area (Å²) in [6.07, 6.45) is 4.93. The van der Waals surface area contributed by atoms with E-state index in [-0.39, 0.29) is 6.71 Å². The molecule has 0 spiro atoms. The highest BCUT2D eigenvalue weighted by Gasteiger charge is 2.44. The van der Waals surface area contributed by atoms with Gasteiger partial charge in [0.1, 0.15) is 0 Å². The summed E-state index contributed by atoms with van der Waals surface area (Å²) in [5, 5.41) is 0. The second kappa shape index (κ2) is 12.8. The maximum Gasteiger partial charge on any atom is 0.252 e. The zero-order valence-corrected chi connectivity index (χ0v) is 31.0. The molecule has 0 aliphatic carbocycles. The minimum absolute atomic E-state index is 0.0719. The van der Waals surface area contributed by atoms with Gasteiger partial charge in [-0.1, -0.05) is 103 Å². The van der Waals surface area contributed by atoms with Gasteiger partial charge in [-0.2, -0.15) is 0 Å². The molecule has 0 radical (unpaired) electrons. The number of hydrogen-bond donors (Lipinski definition) is 0. The van der Waals surface area contributed by atoms with Crippen molar-refractivity contribution in [2.24, 2.45) is 0 Å². The summed E-state index contributed by atoms with van der Waals surface area (Å²) < 4.78 is 0. The lowest BCUT2D eigenvalue weighted by Crippen LogP contribution is -2.61. The molecule has 2 aliphatic rings. The molecule has 2 heterocycles. The quantitative estimate of drug-likeness (QED) is 0.154. The minimum Gasteiger partial charge on any atom is -0.311 e. The number of rotatable bonds is 7. The molecule has 0 fully saturated rings. The number of hydrogen-bond acceptors (Lipinski definition) is 3. The number of anilines is 9. The molecule has 9 rings (SSSR count). The van der Waals surface area contributed by atoms with Crippen LogP contribution in [0.3, 0.4) is 0 Å². The summed E-state index contributed by atoms with van der Waals surface area (Å²) in [5.74, 6) is 1.12. The molecule has 0 N–H and O–H groups in total. The Morgan fingerprint density at radius 3 is 1.63 bits per heavy atom. The van der Waals surface area contributed by atoms with Crippen LogP contribution in [0.25, 0.3) is 0 Å². The van der Waals surface area contributed by atoms with Crippen LogP contribution in [0.5, 0.6) is 0 Å². The van der Waals surface area contributed by atoms with Crippen LogP contribution in [0.1, 0.15) is 12.5 Å². The fourth-order valence-corrected chi connectivity index (χ4v) is 9.15. The van der Waals surface area contributed by atoms with Gasteiger partial charge in [-0.25, -0.2) is 10.0 Å². The van der Waals surface area contributed by atoms with Crippen LogP contribution in [0.2, 0.25) is 0 Å². The van der Waals surface area contributed by atoms with E-state index in [2.05, 4.69) is 211 Å². The van der Waals surface area contributed by atoms with Crippen LogP contribution in [0.4, 0.5) is 51.2 Å². The van der Waals surface area contributed by atoms with Crippen molar-refractivity contribution in [3.05, 3.63) is 175 Å². The van der Waals surface area contributed by atoms with E-state index in [0.717, 1.165) is 22.8 Å². The van der Waals surface area contributed by atoms with Gasteiger partial charge in [-0.3, -0.25) is 0 Å². The van der Waals surface area contributed by atoms with Crippen molar-refractivity contribution in [3.63, 3.8) is 0 Å². The van der Waals surface area contributed by atoms with Crippen LogP contribution in [0.15, 0.2) is 175 Å². The summed E-state index contributed by atoms with van der Waals surface area (Å²) >= 11 is 0. The fraction of sp³-hybridized carbons (Fsp3) is 0.106. The predicted molar refractivity (Wildman–Crippen MR) is 228 cm³/mol. The van der Waals surface area contributed by atoms with E-state index >= 15 is 0 Å². The normalized spacial score (nSPS) is 13.3. The Balaban J connectivity index is 1.37. The number of benzene rings is 7. The lowest BCUT2D eigenvalue weighted by atomic mass is 9.33. The molecule has 3 nitrogen and oxygen atoms in total. The Kier molecular flexibility index (Phi) is 7.97. The SMILES string of the molecule is CCS(C)(C)c1cc2c3c(c1)N(c1ccc(C)cc1)c1cc(N(c4ccccc4)c4ccccc4)ccc1B3c1ccccc1N2c1ccccc1. The van der Waals surface area contributed by atoms with Gasteiger partial charge in [0.05, 0.1) is 0 Å². The van der Waals surface area contributed by atoms with Gasteiger partial charge in [0.15, 0.2) is 0 Å². The molecule has 0 saturated carbocycles. The molecule has 7 aromatic rings. The Labute approximate surface area is 310 Å². The highest BCUT2D eigenvalue weighted by Crippen LogP contribution is 2.54. The first-order valence-corrected chi connectivity index (χ1v) is 20.8. The predicted octanol–water partition coefficient (Wildman–Crippen LogP) is 11.0. The summed E-state index contributed by atoms with van der Waals surface area (Å²) in [7, 11) is -1.09. The van der Waals surface area contributed by atoms with E-state index in [1.165, 1.54) is 61.0 Å². The zero-order chi connectivity index (χ0) is 35.4. The van der Waals surface area contributed by atoms with Gasteiger partial charge in [-0.05, 0) is 125 Å². The molecule has 0 amide bonds. The summed E-state index contributed by atoms with van der Waals surface area (Å²) in [4.78, 5) is 8.86. The van der Waals surface area contributed by atoms with E-state index in [4.69, 9.17) is 0 Å². The first-order valence-electron chi connectivity index (χ1n) is 18.2. The second-order valence-electron chi connectivity index (χ2n) is 14.3. The molecule has 0 unspecified atom stereocenters. The van der Waals surface area contributed by atoms with Crippen molar-refractivity contribution in [1.82, 2.24) is 0 Å². The van der Waals surface area contributed by atoms with Crippen molar-refractivity contribution in [2.45, 2.75) is 18.7 Å². The molecule has 0 aromatic heterocycles. The molecule has 5 heteroatoms. The molecular weight excluding hydrogens is 649 g/mol. The first kappa shape index (κ1) is 32.3. The van der Waals surface area contributed by atoms with Gasteiger partial charge < -0.3 is 14.7 Å². The topological polar surface area (TPSA) is 9.72 Å². The third kappa shape index (κ3) is 5.31. The molecule has 0 atom stereocenters. The van der Waals surface area contributed by atoms with Crippen molar-refractivity contribution in [3.8, 4) is 0 Å². The smallest absolute Gasteiger partial charge is 0.252 e. The Bertz CT molecular complexity index is 2360. The molecule has 2 aliphatic heterocycles. The van der Waals surface area contributed by atoms with E-state index < -0.39 is 10.0 Å². The standard InChI is InChI=1S/C47H42BN3S/c1-5-52(3,4)40-32-45-47-46(33-40)51(38-27-25-34(2)26-28-38)44-31-39(49(35-17-9-6-10-18-35)36-19-11-7-12-20-36)29-30-42(44)48(47)41-23-15-16-24-43(41)50(45)37-21-13-8-14-22-37/h6-33H,5H2,1-4H3. The van der Waals surface area contributed by atoms with Crippen LogP contribution in [0, 0.1) is 6.92 Å². The van der Waals surface area contributed by atoms with Crippen LogP contribution >= 0.6 is 10.0 Å². The van der Waals surface area contributed by atoms with Crippen molar-refractivity contribution in [1.29, 1.82) is 0 Å².